The quantitative estimate of drug-likeness (QED) is 0.837. The number of rotatable bonds is 2. The van der Waals surface area contributed by atoms with Crippen LogP contribution in [-0.4, -0.2) is 4.98 Å². The number of halogens is 4. The Morgan fingerprint density at radius 2 is 1.95 bits per heavy atom. The molecular formula is C12H8BrF3N2O. The fourth-order valence-electron chi connectivity index (χ4n) is 1.36. The molecule has 100 valence electrons. The monoisotopic (exact) mass is 332 g/mol. The Balaban J connectivity index is 2.31. The molecule has 3 nitrogen and oxygen atoms in total. The number of benzene rings is 1. The molecule has 2 N–H and O–H groups in total. The minimum atomic E-state index is -4.44. The summed E-state index contributed by atoms with van der Waals surface area (Å²) < 4.78 is 43.4. The molecule has 0 fully saturated rings. The van der Waals surface area contributed by atoms with E-state index in [9.17, 15) is 13.2 Å². The number of pyridine rings is 1. The van der Waals surface area contributed by atoms with Crippen molar-refractivity contribution in [2.75, 3.05) is 5.73 Å². The van der Waals surface area contributed by atoms with Gasteiger partial charge in [-0.3, -0.25) is 0 Å². The molecule has 1 aromatic heterocycles. The predicted molar refractivity (Wildman–Crippen MR) is 67.9 cm³/mol. The van der Waals surface area contributed by atoms with Gasteiger partial charge >= 0.3 is 6.18 Å². The first-order chi connectivity index (χ1) is 8.88. The second-order valence-electron chi connectivity index (χ2n) is 3.64. The van der Waals surface area contributed by atoms with Crippen LogP contribution in [0.5, 0.6) is 11.6 Å². The van der Waals surface area contributed by atoms with Gasteiger partial charge in [0.15, 0.2) is 0 Å². The molecular weight excluding hydrogens is 325 g/mol. The molecule has 0 unspecified atom stereocenters. The van der Waals surface area contributed by atoms with E-state index in [1.54, 1.807) is 18.2 Å². The predicted octanol–water partition coefficient (Wildman–Crippen LogP) is 4.24. The van der Waals surface area contributed by atoms with Crippen LogP contribution >= 0.6 is 15.9 Å². The highest BCUT2D eigenvalue weighted by Crippen LogP contribution is 2.35. The Bertz CT molecular complexity index is 602. The zero-order valence-electron chi connectivity index (χ0n) is 9.41. The molecule has 0 aliphatic heterocycles. The number of aromatic nitrogens is 1. The summed E-state index contributed by atoms with van der Waals surface area (Å²) in [5, 5.41) is 0. The number of hydrogen-bond acceptors (Lipinski definition) is 3. The van der Waals surface area contributed by atoms with Gasteiger partial charge in [-0.15, -0.1) is 0 Å². The summed E-state index contributed by atoms with van der Waals surface area (Å²) in [6, 6.07) is 6.54. The third kappa shape index (κ3) is 3.17. The molecule has 0 atom stereocenters. The van der Waals surface area contributed by atoms with Gasteiger partial charge in [0.05, 0.1) is 10.0 Å². The first-order valence-corrected chi connectivity index (χ1v) is 5.92. The van der Waals surface area contributed by atoms with Crippen LogP contribution in [0.4, 0.5) is 18.9 Å². The van der Waals surface area contributed by atoms with E-state index < -0.39 is 11.7 Å². The van der Waals surface area contributed by atoms with Crippen molar-refractivity contribution in [2.45, 2.75) is 6.18 Å². The fraction of sp³-hybridized carbons (Fsp3) is 0.0833. The molecule has 0 saturated heterocycles. The third-order valence-electron chi connectivity index (χ3n) is 2.27. The smallest absolute Gasteiger partial charge is 0.416 e. The second kappa shape index (κ2) is 5.08. The largest absolute Gasteiger partial charge is 0.438 e. The molecule has 0 amide bonds. The van der Waals surface area contributed by atoms with E-state index in [-0.39, 0.29) is 5.88 Å². The van der Waals surface area contributed by atoms with Crippen LogP contribution < -0.4 is 10.5 Å². The highest BCUT2D eigenvalue weighted by molar-refractivity contribution is 9.10. The fourth-order valence-corrected chi connectivity index (χ4v) is 1.71. The van der Waals surface area contributed by atoms with Crippen molar-refractivity contribution in [1.82, 2.24) is 4.98 Å². The molecule has 1 aromatic carbocycles. The zero-order chi connectivity index (χ0) is 14.0. The van der Waals surface area contributed by atoms with Crippen LogP contribution in [0.3, 0.4) is 0 Å². The van der Waals surface area contributed by atoms with Crippen molar-refractivity contribution in [1.29, 1.82) is 0 Å². The molecule has 1 heterocycles. The van der Waals surface area contributed by atoms with Crippen molar-refractivity contribution in [3.05, 3.63) is 46.6 Å². The molecule has 2 rings (SSSR count). The van der Waals surface area contributed by atoms with Gasteiger partial charge in [0.1, 0.15) is 5.75 Å². The van der Waals surface area contributed by atoms with Gasteiger partial charge in [-0.2, -0.15) is 13.2 Å². The Morgan fingerprint density at radius 1 is 1.21 bits per heavy atom. The number of hydrogen-bond donors (Lipinski definition) is 1. The second-order valence-corrected chi connectivity index (χ2v) is 4.43. The van der Waals surface area contributed by atoms with Crippen molar-refractivity contribution in [3.63, 3.8) is 0 Å². The summed E-state index contributed by atoms with van der Waals surface area (Å²) >= 11 is 3.20. The normalized spacial score (nSPS) is 11.4. The standard InChI is InChI=1S/C12H8BrF3N2O/c13-11-8(17)2-1-3-9(11)19-10-6-7(4-5-18-10)12(14,15)16/h1-6H,17H2. The lowest BCUT2D eigenvalue weighted by atomic mass is 10.2. The number of nitrogens with zero attached hydrogens (tertiary/aromatic N) is 1. The van der Waals surface area contributed by atoms with Gasteiger partial charge in [0.2, 0.25) is 5.88 Å². The maximum atomic E-state index is 12.5. The lowest BCUT2D eigenvalue weighted by Gasteiger charge is -2.10. The van der Waals surface area contributed by atoms with Gasteiger partial charge in [-0.05, 0) is 34.1 Å². The summed E-state index contributed by atoms with van der Waals surface area (Å²) in [5.41, 5.74) is 5.25. The average Bonchev–Trinajstić information content (AvgIpc) is 2.34. The number of nitrogens with two attached hydrogens (primary N) is 1. The number of alkyl halides is 3. The molecule has 0 spiro atoms. The lowest BCUT2D eigenvalue weighted by molar-refractivity contribution is -0.137. The summed E-state index contributed by atoms with van der Waals surface area (Å²) in [6.07, 6.45) is -3.40. The van der Waals surface area contributed by atoms with Gasteiger partial charge in [-0.25, -0.2) is 4.98 Å². The van der Waals surface area contributed by atoms with E-state index in [0.29, 0.717) is 15.9 Å². The van der Waals surface area contributed by atoms with Crippen LogP contribution in [0.1, 0.15) is 5.56 Å². The minimum absolute atomic E-state index is 0.152. The average molecular weight is 333 g/mol. The lowest BCUT2D eigenvalue weighted by Crippen LogP contribution is -2.05. The van der Waals surface area contributed by atoms with E-state index in [2.05, 4.69) is 20.9 Å². The molecule has 19 heavy (non-hydrogen) atoms. The number of anilines is 1. The van der Waals surface area contributed by atoms with E-state index in [1.165, 1.54) is 0 Å². The van der Waals surface area contributed by atoms with E-state index in [0.717, 1.165) is 18.3 Å². The molecule has 0 aliphatic carbocycles. The Hall–Kier alpha value is -1.76. The van der Waals surface area contributed by atoms with E-state index in [4.69, 9.17) is 10.5 Å². The van der Waals surface area contributed by atoms with Crippen LogP contribution in [0.25, 0.3) is 0 Å². The summed E-state index contributed by atoms with van der Waals surface area (Å²) in [7, 11) is 0. The van der Waals surface area contributed by atoms with Crippen molar-refractivity contribution < 1.29 is 17.9 Å². The van der Waals surface area contributed by atoms with Gasteiger partial charge in [-0.1, -0.05) is 6.07 Å². The zero-order valence-corrected chi connectivity index (χ0v) is 11.0. The highest BCUT2D eigenvalue weighted by atomic mass is 79.9. The third-order valence-corrected chi connectivity index (χ3v) is 3.12. The van der Waals surface area contributed by atoms with Crippen LogP contribution in [0.2, 0.25) is 0 Å². The molecule has 0 bridgehead atoms. The summed E-state index contributed by atoms with van der Waals surface area (Å²) in [6.45, 7) is 0. The SMILES string of the molecule is Nc1cccc(Oc2cc(C(F)(F)F)ccn2)c1Br. The summed E-state index contributed by atoms with van der Waals surface area (Å²) in [4.78, 5) is 3.74. The Kier molecular flexibility index (Phi) is 3.66. The van der Waals surface area contributed by atoms with Crippen LogP contribution in [-0.2, 0) is 6.18 Å². The topological polar surface area (TPSA) is 48.1 Å². The first kappa shape index (κ1) is 13.7. The maximum absolute atomic E-state index is 12.5. The minimum Gasteiger partial charge on any atom is -0.438 e. The van der Waals surface area contributed by atoms with Gasteiger partial charge in [0, 0.05) is 18.0 Å². The van der Waals surface area contributed by atoms with Crippen molar-refractivity contribution in [2.24, 2.45) is 0 Å². The highest BCUT2D eigenvalue weighted by Gasteiger charge is 2.31. The van der Waals surface area contributed by atoms with Crippen LogP contribution in [0, 0.1) is 0 Å². The maximum Gasteiger partial charge on any atom is 0.416 e. The number of ether oxygens (including phenoxy) is 1. The number of nitrogen functional groups attached to an aromatic ring is 1. The van der Waals surface area contributed by atoms with Crippen molar-refractivity contribution in [3.8, 4) is 11.6 Å². The molecule has 0 aliphatic rings. The van der Waals surface area contributed by atoms with Crippen LogP contribution in [0.15, 0.2) is 41.0 Å². The van der Waals surface area contributed by atoms with Crippen molar-refractivity contribution >= 4 is 21.6 Å². The van der Waals surface area contributed by atoms with E-state index in [1.807, 2.05) is 0 Å². The molecule has 2 aromatic rings. The molecule has 0 saturated carbocycles. The van der Waals surface area contributed by atoms with Gasteiger partial charge < -0.3 is 10.5 Å². The van der Waals surface area contributed by atoms with E-state index >= 15 is 0 Å². The first-order valence-electron chi connectivity index (χ1n) is 5.13. The van der Waals surface area contributed by atoms with Gasteiger partial charge in [0.25, 0.3) is 0 Å². The Labute approximate surface area is 115 Å². The Morgan fingerprint density at radius 3 is 2.63 bits per heavy atom. The molecule has 0 radical (unpaired) electrons. The molecule has 7 heteroatoms. The summed E-state index contributed by atoms with van der Waals surface area (Å²) in [5.74, 6) is 0.146.